The van der Waals surface area contributed by atoms with Crippen molar-refractivity contribution in [2.45, 2.75) is 31.8 Å². The smallest absolute Gasteiger partial charge is 0.342 e. The van der Waals surface area contributed by atoms with E-state index in [0.29, 0.717) is 16.9 Å². The molecule has 1 aromatic carbocycles. The predicted molar refractivity (Wildman–Crippen MR) is 100 cm³/mol. The maximum Gasteiger partial charge on any atom is 0.342 e. The zero-order valence-corrected chi connectivity index (χ0v) is 16.4. The molecule has 0 fully saturated rings. The molecule has 27 heavy (non-hydrogen) atoms. The van der Waals surface area contributed by atoms with Gasteiger partial charge < -0.3 is 10.1 Å². The number of carbonyl (C=O) groups excluding carboxylic acids is 2. The van der Waals surface area contributed by atoms with Crippen LogP contribution in [0.25, 0.3) is 0 Å². The average molecular weight is 412 g/mol. The van der Waals surface area contributed by atoms with E-state index in [-0.39, 0.29) is 15.6 Å². The van der Waals surface area contributed by atoms with Gasteiger partial charge in [0.2, 0.25) is 10.0 Å². The van der Waals surface area contributed by atoms with Crippen LogP contribution in [0.2, 0.25) is 5.15 Å². The average Bonchev–Trinajstić information content (AvgIpc) is 2.53. The standard InChI is InChI=1S/C17H18ClN3O5S/c1-9-8-10(2)20-15(18)14(9)17(23)26-11(3)16(22)21-12-4-6-13(7-5-12)27(19,24)25/h4-8,11H,1-3H3,(H,21,22)(H2,19,24,25)/t11-/m0/s1. The second-order valence-electron chi connectivity index (χ2n) is 5.85. The topological polar surface area (TPSA) is 128 Å². The lowest BCUT2D eigenvalue weighted by atomic mass is 10.1. The van der Waals surface area contributed by atoms with E-state index in [2.05, 4.69) is 10.3 Å². The number of ether oxygens (including phenoxy) is 1. The van der Waals surface area contributed by atoms with Gasteiger partial charge in [-0.2, -0.15) is 0 Å². The molecule has 1 amide bonds. The van der Waals surface area contributed by atoms with Crippen molar-refractivity contribution in [2.24, 2.45) is 5.14 Å². The Kier molecular flexibility index (Phi) is 6.19. The number of nitrogens with two attached hydrogens (primary N) is 1. The normalized spacial score (nSPS) is 12.3. The third kappa shape index (κ3) is 5.25. The van der Waals surface area contributed by atoms with Crippen molar-refractivity contribution in [1.82, 2.24) is 4.98 Å². The van der Waals surface area contributed by atoms with E-state index < -0.39 is 28.0 Å². The molecule has 0 spiro atoms. The number of rotatable bonds is 5. The van der Waals surface area contributed by atoms with Gasteiger partial charge in [-0.1, -0.05) is 11.6 Å². The first-order chi connectivity index (χ1) is 12.5. The maximum absolute atomic E-state index is 12.3. The van der Waals surface area contributed by atoms with E-state index in [1.165, 1.54) is 31.2 Å². The minimum absolute atomic E-state index is 0.00342. The minimum Gasteiger partial charge on any atom is -0.449 e. The Bertz CT molecular complexity index is 967. The van der Waals surface area contributed by atoms with E-state index in [4.69, 9.17) is 21.5 Å². The van der Waals surface area contributed by atoms with Gasteiger partial charge in [0, 0.05) is 11.4 Å². The number of sulfonamides is 1. The van der Waals surface area contributed by atoms with E-state index in [9.17, 15) is 18.0 Å². The summed E-state index contributed by atoms with van der Waals surface area (Å²) in [6.07, 6.45) is -1.12. The molecule has 2 rings (SSSR count). The number of carbonyl (C=O) groups is 2. The molecule has 0 unspecified atom stereocenters. The summed E-state index contributed by atoms with van der Waals surface area (Å²) in [7, 11) is -3.82. The number of hydrogen-bond donors (Lipinski definition) is 2. The maximum atomic E-state index is 12.3. The van der Waals surface area contributed by atoms with Gasteiger partial charge in [-0.25, -0.2) is 23.3 Å². The number of primary sulfonamides is 1. The fourth-order valence-electron chi connectivity index (χ4n) is 2.28. The summed E-state index contributed by atoms with van der Waals surface area (Å²) in [6.45, 7) is 4.83. The second kappa shape index (κ2) is 8.03. The summed E-state index contributed by atoms with van der Waals surface area (Å²) in [4.78, 5) is 28.4. The Morgan fingerprint density at radius 3 is 2.33 bits per heavy atom. The molecule has 3 N–H and O–H groups in total. The van der Waals surface area contributed by atoms with Gasteiger partial charge in [-0.15, -0.1) is 0 Å². The van der Waals surface area contributed by atoms with Gasteiger partial charge >= 0.3 is 5.97 Å². The van der Waals surface area contributed by atoms with Crippen LogP contribution in [0.3, 0.4) is 0 Å². The van der Waals surface area contributed by atoms with Crippen LogP contribution in [0.4, 0.5) is 5.69 Å². The number of halogens is 1. The highest BCUT2D eigenvalue weighted by Gasteiger charge is 2.23. The quantitative estimate of drug-likeness (QED) is 0.573. The van der Waals surface area contributed by atoms with Crippen molar-refractivity contribution in [2.75, 3.05) is 5.32 Å². The number of amides is 1. The number of aryl methyl sites for hydroxylation is 2. The molecule has 8 nitrogen and oxygen atoms in total. The molecule has 0 aliphatic carbocycles. The number of hydrogen-bond acceptors (Lipinski definition) is 6. The molecule has 0 radical (unpaired) electrons. The summed E-state index contributed by atoms with van der Waals surface area (Å²) in [5.41, 5.74) is 1.66. The molecule has 0 aliphatic heterocycles. The molecule has 0 saturated carbocycles. The number of anilines is 1. The Hall–Kier alpha value is -2.49. The fraction of sp³-hybridized carbons (Fsp3) is 0.235. The van der Waals surface area contributed by atoms with Crippen molar-refractivity contribution >= 4 is 39.2 Å². The summed E-state index contributed by atoms with van der Waals surface area (Å²) >= 11 is 6.00. The third-order valence-corrected chi connectivity index (χ3v) is 4.81. The van der Waals surface area contributed by atoms with E-state index in [0.717, 1.165) is 0 Å². The van der Waals surface area contributed by atoms with E-state index in [1.807, 2.05) is 0 Å². The van der Waals surface area contributed by atoms with Crippen LogP contribution in [0.1, 0.15) is 28.5 Å². The molecule has 10 heteroatoms. The lowest BCUT2D eigenvalue weighted by Crippen LogP contribution is -2.30. The number of aromatic nitrogens is 1. The second-order valence-corrected chi connectivity index (χ2v) is 7.77. The number of esters is 1. The lowest BCUT2D eigenvalue weighted by Gasteiger charge is -2.15. The lowest BCUT2D eigenvalue weighted by molar-refractivity contribution is -0.123. The molecule has 1 aromatic heterocycles. The summed E-state index contributed by atoms with van der Waals surface area (Å²) < 4.78 is 27.6. The molecule has 0 saturated heterocycles. The Balaban J connectivity index is 2.06. The van der Waals surface area contributed by atoms with Gasteiger partial charge in [0.15, 0.2) is 6.10 Å². The first kappa shape index (κ1) is 20.8. The largest absolute Gasteiger partial charge is 0.449 e. The predicted octanol–water partition coefficient (Wildman–Crippen LogP) is 2.18. The minimum atomic E-state index is -3.82. The van der Waals surface area contributed by atoms with E-state index >= 15 is 0 Å². The van der Waals surface area contributed by atoms with Crippen LogP contribution in [-0.4, -0.2) is 31.4 Å². The van der Waals surface area contributed by atoms with Gasteiger partial charge in [0.1, 0.15) is 5.15 Å². The van der Waals surface area contributed by atoms with Gasteiger partial charge in [0.05, 0.1) is 10.5 Å². The number of benzene rings is 1. The molecule has 144 valence electrons. The summed E-state index contributed by atoms with van der Waals surface area (Å²) in [5, 5.41) is 7.53. The van der Waals surface area contributed by atoms with Crippen molar-refractivity contribution in [1.29, 1.82) is 0 Å². The van der Waals surface area contributed by atoms with Crippen molar-refractivity contribution < 1.29 is 22.7 Å². The van der Waals surface area contributed by atoms with Gasteiger partial charge in [0.25, 0.3) is 5.91 Å². The molecular weight excluding hydrogens is 394 g/mol. The number of pyridine rings is 1. The zero-order chi connectivity index (χ0) is 20.4. The van der Waals surface area contributed by atoms with Crippen molar-refractivity contribution in [3.05, 3.63) is 52.3 Å². The molecule has 0 aliphatic rings. The van der Waals surface area contributed by atoms with Crippen LogP contribution < -0.4 is 10.5 Å². The van der Waals surface area contributed by atoms with Crippen molar-refractivity contribution in [3.8, 4) is 0 Å². The highest BCUT2D eigenvalue weighted by Crippen LogP contribution is 2.20. The molecule has 0 bridgehead atoms. The summed E-state index contributed by atoms with van der Waals surface area (Å²) in [6, 6.07) is 6.93. The Morgan fingerprint density at radius 2 is 1.81 bits per heavy atom. The molecule has 2 aromatic rings. The van der Waals surface area contributed by atoms with Crippen LogP contribution in [0.5, 0.6) is 0 Å². The third-order valence-electron chi connectivity index (χ3n) is 3.61. The SMILES string of the molecule is Cc1cc(C)c(C(=O)O[C@@H](C)C(=O)Nc2ccc(S(N)(=O)=O)cc2)c(Cl)n1. The molecule has 1 heterocycles. The van der Waals surface area contributed by atoms with Gasteiger partial charge in [-0.05, 0) is 56.7 Å². The van der Waals surface area contributed by atoms with E-state index in [1.54, 1.807) is 19.9 Å². The highest BCUT2D eigenvalue weighted by atomic mass is 35.5. The van der Waals surface area contributed by atoms with Gasteiger partial charge in [-0.3, -0.25) is 4.79 Å². The highest BCUT2D eigenvalue weighted by molar-refractivity contribution is 7.89. The number of nitrogens with zero attached hydrogens (tertiary/aromatic N) is 1. The Morgan fingerprint density at radius 1 is 1.22 bits per heavy atom. The van der Waals surface area contributed by atoms with Crippen LogP contribution in [-0.2, 0) is 19.6 Å². The molecular formula is C17H18ClN3O5S. The van der Waals surface area contributed by atoms with Crippen LogP contribution >= 0.6 is 11.6 Å². The first-order valence-corrected chi connectivity index (χ1v) is 9.70. The molecule has 1 atom stereocenters. The zero-order valence-electron chi connectivity index (χ0n) is 14.8. The Labute approximate surface area is 161 Å². The van der Waals surface area contributed by atoms with Crippen molar-refractivity contribution in [3.63, 3.8) is 0 Å². The van der Waals surface area contributed by atoms with Crippen LogP contribution in [0, 0.1) is 13.8 Å². The monoisotopic (exact) mass is 411 g/mol. The number of nitrogens with one attached hydrogen (secondary N) is 1. The fourth-order valence-corrected chi connectivity index (χ4v) is 3.16. The first-order valence-electron chi connectivity index (χ1n) is 7.77. The van der Waals surface area contributed by atoms with Crippen LogP contribution in [0.15, 0.2) is 35.2 Å². The summed E-state index contributed by atoms with van der Waals surface area (Å²) in [5.74, 6) is -1.36.